The number of hydrogen-bond acceptors (Lipinski definition) is 2. The highest BCUT2D eigenvalue weighted by molar-refractivity contribution is 9.11. The number of halogens is 1. The van der Waals surface area contributed by atoms with Gasteiger partial charge in [-0.05, 0) is 29.7 Å². The lowest BCUT2D eigenvalue weighted by Gasteiger charge is -1.83. The van der Waals surface area contributed by atoms with Gasteiger partial charge in [0.2, 0.25) is 5.12 Å². The highest BCUT2D eigenvalue weighted by Gasteiger charge is 2.14. The Morgan fingerprint density at radius 1 is 1.78 bits per heavy atom. The monoisotopic (exact) mass is 204 g/mol. The van der Waals surface area contributed by atoms with E-state index in [0.29, 0.717) is 0 Å². The number of rotatable bonds is 0. The van der Waals surface area contributed by atoms with Crippen molar-refractivity contribution in [1.82, 2.24) is 0 Å². The molecule has 0 aromatic carbocycles. The van der Waals surface area contributed by atoms with Gasteiger partial charge in [-0.15, -0.1) is 0 Å². The maximum Gasteiger partial charge on any atom is 0.219 e. The smallest absolute Gasteiger partial charge is 0.219 e. The molecule has 1 aliphatic heterocycles. The molecule has 0 aromatic rings. The van der Waals surface area contributed by atoms with Crippen LogP contribution in [-0.4, -0.2) is 5.12 Å². The molecule has 0 unspecified atom stereocenters. The second kappa shape index (κ2) is 2.71. The molecule has 0 fully saturated rings. The molecule has 0 saturated carbocycles. The van der Waals surface area contributed by atoms with Crippen molar-refractivity contribution in [2.45, 2.75) is 6.92 Å². The van der Waals surface area contributed by atoms with E-state index in [1.165, 1.54) is 11.8 Å². The van der Waals surface area contributed by atoms with E-state index in [9.17, 15) is 4.79 Å². The van der Waals surface area contributed by atoms with Crippen LogP contribution in [0.1, 0.15) is 6.92 Å². The van der Waals surface area contributed by atoms with E-state index >= 15 is 0 Å². The van der Waals surface area contributed by atoms with Crippen LogP contribution in [0.2, 0.25) is 0 Å². The van der Waals surface area contributed by atoms with Gasteiger partial charge in [-0.25, -0.2) is 0 Å². The summed E-state index contributed by atoms with van der Waals surface area (Å²) in [6.45, 7) is 1.82. The minimum atomic E-state index is 0.153. The van der Waals surface area contributed by atoms with Crippen LogP contribution in [0.25, 0.3) is 0 Å². The van der Waals surface area contributed by atoms with Gasteiger partial charge in [-0.2, -0.15) is 0 Å². The molecular formula is C6H5BrOS. The predicted octanol–water partition coefficient (Wildman–Crippen LogP) is 2.44. The van der Waals surface area contributed by atoms with Crippen molar-refractivity contribution < 1.29 is 4.79 Å². The average Bonchev–Trinajstić information content (AvgIpc) is 2.13. The highest BCUT2D eigenvalue weighted by atomic mass is 79.9. The Bertz CT molecular complexity index is 205. The van der Waals surface area contributed by atoms with E-state index < -0.39 is 0 Å². The molecule has 0 radical (unpaired) electrons. The zero-order valence-electron chi connectivity index (χ0n) is 4.85. The first-order valence-corrected chi connectivity index (χ1v) is 4.18. The fourth-order valence-corrected chi connectivity index (χ4v) is 1.67. The molecule has 1 heterocycles. The number of carbonyl (C=O) groups is 1. The number of thioether (sulfide) groups is 1. The third-order valence-corrected chi connectivity index (χ3v) is 2.77. The predicted molar refractivity (Wildman–Crippen MR) is 43.4 cm³/mol. The zero-order chi connectivity index (χ0) is 6.85. The van der Waals surface area contributed by atoms with Crippen molar-refractivity contribution in [3.8, 4) is 0 Å². The van der Waals surface area contributed by atoms with Crippen LogP contribution in [0.15, 0.2) is 21.5 Å². The first-order chi connectivity index (χ1) is 4.24. The third kappa shape index (κ3) is 1.46. The first kappa shape index (κ1) is 7.09. The molecule has 3 heteroatoms. The fourth-order valence-electron chi connectivity index (χ4n) is 0.543. The van der Waals surface area contributed by atoms with Crippen molar-refractivity contribution >= 4 is 32.8 Å². The lowest BCUT2D eigenvalue weighted by Crippen LogP contribution is -1.82. The van der Waals surface area contributed by atoms with Crippen molar-refractivity contribution in [3.05, 3.63) is 21.5 Å². The zero-order valence-corrected chi connectivity index (χ0v) is 7.25. The molecule has 48 valence electrons. The quantitative estimate of drug-likeness (QED) is 0.604. The minimum Gasteiger partial charge on any atom is -0.282 e. The van der Waals surface area contributed by atoms with Gasteiger partial charge in [0.1, 0.15) is 0 Å². The molecule has 0 N–H and O–H groups in total. The van der Waals surface area contributed by atoms with E-state index in [4.69, 9.17) is 0 Å². The van der Waals surface area contributed by atoms with Crippen LogP contribution in [0.3, 0.4) is 0 Å². The second-order valence-electron chi connectivity index (χ2n) is 1.73. The van der Waals surface area contributed by atoms with E-state index in [0.717, 1.165) is 10.5 Å². The van der Waals surface area contributed by atoms with E-state index in [-0.39, 0.29) is 5.12 Å². The molecule has 0 bridgehead atoms. The molecule has 0 aromatic heterocycles. The molecule has 1 aliphatic rings. The Labute approximate surface area is 66.3 Å². The van der Waals surface area contributed by atoms with E-state index in [1.807, 2.05) is 13.0 Å². The molecular weight excluding hydrogens is 200 g/mol. The van der Waals surface area contributed by atoms with Crippen molar-refractivity contribution in [3.63, 3.8) is 0 Å². The Morgan fingerprint density at radius 2 is 2.44 bits per heavy atom. The summed E-state index contributed by atoms with van der Waals surface area (Å²) in [4.78, 5) is 13.5. The van der Waals surface area contributed by atoms with Crippen molar-refractivity contribution in [2.24, 2.45) is 0 Å². The van der Waals surface area contributed by atoms with Gasteiger partial charge in [0, 0.05) is 10.5 Å². The molecule has 9 heavy (non-hydrogen) atoms. The van der Waals surface area contributed by atoms with Crippen LogP contribution in [0.4, 0.5) is 0 Å². The molecule has 1 rings (SSSR count). The summed E-state index contributed by atoms with van der Waals surface area (Å²) >= 11 is 4.41. The lowest BCUT2D eigenvalue weighted by atomic mass is 10.3. The summed E-state index contributed by atoms with van der Waals surface area (Å²) in [5, 5.41) is 0.153. The Morgan fingerprint density at radius 3 is 2.67 bits per heavy atom. The largest absolute Gasteiger partial charge is 0.282 e. The van der Waals surface area contributed by atoms with Gasteiger partial charge in [-0.1, -0.05) is 15.9 Å². The van der Waals surface area contributed by atoms with Gasteiger partial charge in [0.15, 0.2) is 0 Å². The van der Waals surface area contributed by atoms with E-state index in [1.54, 1.807) is 4.99 Å². The standard InChI is InChI=1S/C6H5BrOS/c1-4-2-5(3-7)9-6(4)8/h2-3H,1H3/b5-3+. The van der Waals surface area contributed by atoms with Gasteiger partial charge in [0.05, 0.1) is 0 Å². The van der Waals surface area contributed by atoms with Crippen LogP contribution < -0.4 is 0 Å². The van der Waals surface area contributed by atoms with Gasteiger partial charge < -0.3 is 0 Å². The summed E-state index contributed by atoms with van der Waals surface area (Å²) in [6.07, 6.45) is 1.86. The fraction of sp³-hybridized carbons (Fsp3) is 0.167. The molecule has 0 amide bonds. The Kier molecular flexibility index (Phi) is 2.13. The van der Waals surface area contributed by atoms with Crippen molar-refractivity contribution in [1.29, 1.82) is 0 Å². The summed E-state index contributed by atoms with van der Waals surface area (Å²) in [6, 6.07) is 0. The minimum absolute atomic E-state index is 0.153. The van der Waals surface area contributed by atoms with Gasteiger partial charge in [0.25, 0.3) is 0 Å². The maximum absolute atomic E-state index is 10.8. The maximum atomic E-state index is 10.8. The van der Waals surface area contributed by atoms with Crippen LogP contribution in [-0.2, 0) is 4.79 Å². The Hall–Kier alpha value is -0.0200. The topological polar surface area (TPSA) is 17.1 Å². The van der Waals surface area contributed by atoms with Crippen LogP contribution >= 0.6 is 27.7 Å². The molecule has 1 nitrogen and oxygen atoms in total. The Balaban J connectivity index is 2.86. The van der Waals surface area contributed by atoms with E-state index in [2.05, 4.69) is 15.9 Å². The average molecular weight is 205 g/mol. The lowest BCUT2D eigenvalue weighted by molar-refractivity contribution is -0.107. The summed E-state index contributed by atoms with van der Waals surface area (Å²) in [7, 11) is 0. The second-order valence-corrected chi connectivity index (χ2v) is 3.23. The summed E-state index contributed by atoms with van der Waals surface area (Å²) in [5.41, 5.74) is 0.825. The van der Waals surface area contributed by atoms with Gasteiger partial charge in [-0.3, -0.25) is 4.79 Å². The number of hydrogen-bond donors (Lipinski definition) is 0. The summed E-state index contributed by atoms with van der Waals surface area (Å²) in [5.74, 6) is 0. The molecule has 0 saturated heterocycles. The van der Waals surface area contributed by atoms with Crippen molar-refractivity contribution in [2.75, 3.05) is 0 Å². The highest BCUT2D eigenvalue weighted by Crippen LogP contribution is 2.30. The SMILES string of the molecule is CC1=C/C(=C\Br)SC1=O. The van der Waals surface area contributed by atoms with Crippen LogP contribution in [0.5, 0.6) is 0 Å². The number of carbonyl (C=O) groups excluding carboxylic acids is 1. The normalized spacial score (nSPS) is 23.1. The van der Waals surface area contributed by atoms with Gasteiger partial charge >= 0.3 is 0 Å². The molecule has 0 spiro atoms. The summed E-state index contributed by atoms with van der Waals surface area (Å²) < 4.78 is 0. The third-order valence-electron chi connectivity index (χ3n) is 0.999. The molecule has 0 aliphatic carbocycles. The van der Waals surface area contributed by atoms with Crippen LogP contribution in [0, 0.1) is 0 Å². The first-order valence-electron chi connectivity index (χ1n) is 2.45. The number of allylic oxidation sites excluding steroid dienone is 1. The molecule has 0 atom stereocenters.